The van der Waals surface area contributed by atoms with Crippen molar-refractivity contribution < 1.29 is 0 Å². The SMILES string of the molecule is c1ccc(C(NCCCCNC(c2ccccc2)(c2ccccc2)c2ccccc2)(c2ccccc2)c2ccccc2)cc1. The maximum absolute atomic E-state index is 4.05. The molecule has 0 bridgehead atoms. The molecule has 0 spiro atoms. The van der Waals surface area contributed by atoms with Crippen LogP contribution in [0.25, 0.3) is 0 Å². The third-order valence-electron chi connectivity index (χ3n) is 8.62. The van der Waals surface area contributed by atoms with E-state index >= 15 is 0 Å². The maximum Gasteiger partial charge on any atom is 0.0947 e. The molecule has 0 aliphatic carbocycles. The van der Waals surface area contributed by atoms with E-state index in [0.29, 0.717) is 0 Å². The van der Waals surface area contributed by atoms with Crippen LogP contribution in [0.3, 0.4) is 0 Å². The first-order valence-corrected chi connectivity index (χ1v) is 15.7. The van der Waals surface area contributed by atoms with Crippen molar-refractivity contribution in [2.45, 2.75) is 23.9 Å². The van der Waals surface area contributed by atoms with Crippen molar-refractivity contribution in [3.63, 3.8) is 0 Å². The molecular formula is C42H40N2. The first kappa shape index (κ1) is 29.3. The Morgan fingerprint density at radius 3 is 0.636 bits per heavy atom. The Balaban J connectivity index is 1.26. The second-order valence-electron chi connectivity index (χ2n) is 11.3. The van der Waals surface area contributed by atoms with Crippen molar-refractivity contribution in [1.29, 1.82) is 0 Å². The molecule has 0 unspecified atom stereocenters. The summed E-state index contributed by atoms with van der Waals surface area (Å²) >= 11 is 0. The molecule has 2 heteroatoms. The molecule has 0 aromatic heterocycles. The lowest BCUT2D eigenvalue weighted by Crippen LogP contribution is -2.46. The van der Waals surface area contributed by atoms with Crippen molar-refractivity contribution in [2.24, 2.45) is 0 Å². The van der Waals surface area contributed by atoms with Crippen LogP contribution in [-0.4, -0.2) is 13.1 Å². The van der Waals surface area contributed by atoms with E-state index in [1.54, 1.807) is 0 Å². The second-order valence-corrected chi connectivity index (χ2v) is 11.3. The van der Waals surface area contributed by atoms with Gasteiger partial charge in [0.05, 0.1) is 11.1 Å². The van der Waals surface area contributed by atoms with Crippen LogP contribution in [0.15, 0.2) is 182 Å². The molecular weight excluding hydrogens is 532 g/mol. The van der Waals surface area contributed by atoms with Crippen LogP contribution in [-0.2, 0) is 11.1 Å². The summed E-state index contributed by atoms with van der Waals surface area (Å²) < 4.78 is 0. The lowest BCUT2D eigenvalue weighted by atomic mass is 9.76. The molecule has 218 valence electrons. The highest BCUT2D eigenvalue weighted by Crippen LogP contribution is 2.38. The highest BCUT2D eigenvalue weighted by atomic mass is 15.0. The van der Waals surface area contributed by atoms with E-state index in [2.05, 4.69) is 193 Å². The van der Waals surface area contributed by atoms with E-state index in [4.69, 9.17) is 0 Å². The normalized spacial score (nSPS) is 11.7. The summed E-state index contributed by atoms with van der Waals surface area (Å²) in [5, 5.41) is 8.09. The van der Waals surface area contributed by atoms with Crippen molar-refractivity contribution >= 4 is 0 Å². The molecule has 0 saturated heterocycles. The van der Waals surface area contributed by atoms with E-state index in [0.717, 1.165) is 25.9 Å². The first-order chi connectivity index (χ1) is 21.8. The molecule has 0 aliphatic rings. The van der Waals surface area contributed by atoms with Gasteiger partial charge in [0.1, 0.15) is 0 Å². The summed E-state index contributed by atoms with van der Waals surface area (Å²) in [5.74, 6) is 0. The average Bonchev–Trinajstić information content (AvgIpc) is 3.12. The van der Waals surface area contributed by atoms with Crippen LogP contribution < -0.4 is 10.6 Å². The maximum atomic E-state index is 4.05. The molecule has 0 atom stereocenters. The van der Waals surface area contributed by atoms with Crippen LogP contribution in [0.5, 0.6) is 0 Å². The summed E-state index contributed by atoms with van der Waals surface area (Å²) in [6.07, 6.45) is 2.05. The Morgan fingerprint density at radius 1 is 0.273 bits per heavy atom. The fraction of sp³-hybridized carbons (Fsp3) is 0.143. The molecule has 0 aliphatic heterocycles. The molecule has 6 aromatic carbocycles. The molecule has 0 radical (unpaired) electrons. The van der Waals surface area contributed by atoms with Gasteiger partial charge in [-0.1, -0.05) is 182 Å². The fourth-order valence-corrected chi connectivity index (χ4v) is 6.54. The molecule has 2 N–H and O–H groups in total. The number of benzene rings is 6. The number of nitrogens with one attached hydrogen (secondary N) is 2. The van der Waals surface area contributed by atoms with Crippen molar-refractivity contribution in [2.75, 3.05) is 13.1 Å². The van der Waals surface area contributed by atoms with E-state index in [1.165, 1.54) is 33.4 Å². The highest BCUT2D eigenvalue weighted by Gasteiger charge is 2.37. The third kappa shape index (κ3) is 6.01. The lowest BCUT2D eigenvalue weighted by molar-refractivity contribution is 0.433. The smallest absolute Gasteiger partial charge is 0.0947 e. The van der Waals surface area contributed by atoms with Crippen molar-refractivity contribution in [3.05, 3.63) is 215 Å². The number of rotatable bonds is 13. The van der Waals surface area contributed by atoms with Crippen LogP contribution in [0, 0.1) is 0 Å². The minimum absolute atomic E-state index is 0.445. The summed E-state index contributed by atoms with van der Waals surface area (Å²) in [6, 6.07) is 65.1. The van der Waals surface area contributed by atoms with Gasteiger partial charge in [-0.3, -0.25) is 10.6 Å². The molecule has 0 amide bonds. The Morgan fingerprint density at radius 2 is 0.455 bits per heavy atom. The van der Waals surface area contributed by atoms with Gasteiger partial charge in [0, 0.05) is 0 Å². The van der Waals surface area contributed by atoms with Gasteiger partial charge in [0.25, 0.3) is 0 Å². The van der Waals surface area contributed by atoms with Gasteiger partial charge in [0.15, 0.2) is 0 Å². The number of hydrogen-bond acceptors (Lipinski definition) is 2. The van der Waals surface area contributed by atoms with E-state index in [1.807, 2.05) is 0 Å². The second kappa shape index (κ2) is 14.1. The van der Waals surface area contributed by atoms with Crippen LogP contribution in [0.1, 0.15) is 46.2 Å². The van der Waals surface area contributed by atoms with E-state index < -0.39 is 11.1 Å². The van der Waals surface area contributed by atoms with Crippen LogP contribution >= 0.6 is 0 Å². The van der Waals surface area contributed by atoms with E-state index in [9.17, 15) is 0 Å². The molecule has 44 heavy (non-hydrogen) atoms. The monoisotopic (exact) mass is 572 g/mol. The van der Waals surface area contributed by atoms with Crippen molar-refractivity contribution in [3.8, 4) is 0 Å². The fourth-order valence-electron chi connectivity index (χ4n) is 6.54. The minimum atomic E-state index is -0.445. The minimum Gasteiger partial charge on any atom is -0.300 e. The van der Waals surface area contributed by atoms with Crippen molar-refractivity contribution in [1.82, 2.24) is 10.6 Å². The van der Waals surface area contributed by atoms with Gasteiger partial charge in [-0.05, 0) is 59.3 Å². The number of hydrogen-bond donors (Lipinski definition) is 2. The molecule has 6 aromatic rings. The van der Waals surface area contributed by atoms with Gasteiger partial charge >= 0.3 is 0 Å². The zero-order valence-electron chi connectivity index (χ0n) is 25.1. The predicted molar refractivity (Wildman–Crippen MR) is 184 cm³/mol. The quantitative estimate of drug-likeness (QED) is 0.107. The van der Waals surface area contributed by atoms with Crippen LogP contribution in [0.4, 0.5) is 0 Å². The summed E-state index contributed by atoms with van der Waals surface area (Å²) in [6.45, 7) is 1.74. The molecule has 2 nitrogen and oxygen atoms in total. The first-order valence-electron chi connectivity index (χ1n) is 15.7. The van der Waals surface area contributed by atoms with Gasteiger partial charge < -0.3 is 0 Å². The average molecular weight is 573 g/mol. The molecule has 0 heterocycles. The lowest BCUT2D eigenvalue weighted by Gasteiger charge is -2.38. The topological polar surface area (TPSA) is 24.1 Å². The zero-order chi connectivity index (χ0) is 29.9. The van der Waals surface area contributed by atoms with E-state index in [-0.39, 0.29) is 0 Å². The van der Waals surface area contributed by atoms with Gasteiger partial charge in [-0.25, -0.2) is 0 Å². The van der Waals surface area contributed by atoms with Gasteiger partial charge in [0.2, 0.25) is 0 Å². The largest absolute Gasteiger partial charge is 0.300 e. The molecule has 0 fully saturated rings. The summed E-state index contributed by atoms with van der Waals surface area (Å²) in [4.78, 5) is 0. The van der Waals surface area contributed by atoms with Gasteiger partial charge in [-0.2, -0.15) is 0 Å². The standard InChI is InChI=1S/C42H40N2/c1-7-21-35(22-8-1)41(36-23-9-2-10-24-36,37-25-11-3-12-26-37)43-33-19-20-34-44-42(38-27-13-4-14-28-38,39-29-15-5-16-30-39)40-31-17-6-18-32-40/h1-18,21-32,43-44H,19-20,33-34H2. The predicted octanol–water partition coefficient (Wildman–Crippen LogP) is 8.93. The third-order valence-corrected chi connectivity index (χ3v) is 8.62. The highest BCUT2D eigenvalue weighted by molar-refractivity contribution is 5.50. The number of unbranched alkanes of at least 4 members (excludes halogenated alkanes) is 1. The summed E-state index contributed by atoms with van der Waals surface area (Å²) in [5.41, 5.74) is 6.56. The Hall–Kier alpha value is -4.76. The zero-order valence-corrected chi connectivity index (χ0v) is 25.1. The van der Waals surface area contributed by atoms with Gasteiger partial charge in [-0.15, -0.1) is 0 Å². The summed E-state index contributed by atoms with van der Waals surface area (Å²) in [7, 11) is 0. The van der Waals surface area contributed by atoms with Crippen LogP contribution in [0.2, 0.25) is 0 Å². The Bertz CT molecular complexity index is 1350. The Labute approximate surface area is 262 Å². The molecule has 0 saturated carbocycles. The Kier molecular flexibility index (Phi) is 9.42. The molecule has 6 rings (SSSR count).